The SMILES string of the molecule is CC(C)(CCC(C)(C)OCCOCCOCCOC(C)(C)C)NC(=O)COCCOCCOC(C)(C)C. The lowest BCUT2D eigenvalue weighted by molar-refractivity contribution is -0.128. The molecule has 0 aromatic rings. The highest BCUT2D eigenvalue weighted by Gasteiger charge is 2.26. The van der Waals surface area contributed by atoms with Gasteiger partial charge in [0.05, 0.1) is 82.9 Å². The lowest BCUT2D eigenvalue weighted by Gasteiger charge is -2.32. The minimum absolute atomic E-state index is 0.00976. The molecular formula is C28H57NO8. The molecule has 0 rings (SSSR count). The Bertz CT molecular complexity index is 582. The van der Waals surface area contributed by atoms with E-state index in [-0.39, 0.29) is 34.9 Å². The Kier molecular flexibility index (Phi) is 18.1. The number of carbonyl (C=O) groups is 1. The zero-order valence-electron chi connectivity index (χ0n) is 25.5. The molecule has 0 aliphatic carbocycles. The monoisotopic (exact) mass is 535 g/mol. The van der Waals surface area contributed by atoms with E-state index < -0.39 is 0 Å². The van der Waals surface area contributed by atoms with Crippen LogP contribution < -0.4 is 5.32 Å². The van der Waals surface area contributed by atoms with Crippen molar-refractivity contribution in [1.82, 2.24) is 5.32 Å². The van der Waals surface area contributed by atoms with Crippen LogP contribution in [-0.2, 0) is 38.0 Å². The van der Waals surface area contributed by atoms with Gasteiger partial charge in [-0.05, 0) is 82.1 Å². The third-order valence-corrected chi connectivity index (χ3v) is 5.05. The summed E-state index contributed by atoms with van der Waals surface area (Å²) in [7, 11) is 0. The zero-order valence-corrected chi connectivity index (χ0v) is 25.5. The predicted octanol–water partition coefficient (Wildman–Crippen LogP) is 4.15. The van der Waals surface area contributed by atoms with Crippen molar-refractivity contribution in [2.24, 2.45) is 0 Å². The normalized spacial score (nSPS) is 13.2. The maximum absolute atomic E-state index is 12.3. The van der Waals surface area contributed by atoms with Crippen molar-refractivity contribution in [3.63, 3.8) is 0 Å². The first-order valence-electron chi connectivity index (χ1n) is 13.6. The van der Waals surface area contributed by atoms with Gasteiger partial charge in [-0.2, -0.15) is 0 Å². The van der Waals surface area contributed by atoms with Crippen molar-refractivity contribution in [3.05, 3.63) is 0 Å². The van der Waals surface area contributed by atoms with Crippen LogP contribution in [0.4, 0.5) is 0 Å². The second kappa shape index (κ2) is 18.5. The van der Waals surface area contributed by atoms with E-state index in [9.17, 15) is 4.79 Å². The molecule has 1 N–H and O–H groups in total. The second-order valence-corrected chi connectivity index (χ2v) is 12.4. The smallest absolute Gasteiger partial charge is 0.246 e. The fourth-order valence-electron chi connectivity index (χ4n) is 3.06. The molecule has 0 unspecified atom stereocenters. The van der Waals surface area contributed by atoms with Crippen molar-refractivity contribution in [2.45, 2.75) is 104 Å². The molecule has 9 heteroatoms. The number of rotatable bonds is 22. The Labute approximate surface area is 226 Å². The largest absolute Gasteiger partial charge is 0.377 e. The number of hydrogen-bond acceptors (Lipinski definition) is 8. The molecule has 37 heavy (non-hydrogen) atoms. The molecule has 0 spiro atoms. The molecule has 0 saturated heterocycles. The van der Waals surface area contributed by atoms with Crippen LogP contribution in [0.2, 0.25) is 0 Å². The quantitative estimate of drug-likeness (QED) is 0.207. The molecule has 0 atom stereocenters. The molecule has 0 heterocycles. The average molecular weight is 536 g/mol. The lowest BCUT2D eigenvalue weighted by Crippen LogP contribution is -2.46. The van der Waals surface area contributed by atoms with Crippen LogP contribution in [0.5, 0.6) is 0 Å². The van der Waals surface area contributed by atoms with Gasteiger partial charge in [0.1, 0.15) is 6.61 Å². The van der Waals surface area contributed by atoms with E-state index >= 15 is 0 Å². The molecule has 9 nitrogen and oxygen atoms in total. The molecule has 0 aliphatic rings. The zero-order chi connectivity index (χ0) is 28.4. The number of carbonyl (C=O) groups excluding carboxylic acids is 1. The Balaban J connectivity index is 3.82. The van der Waals surface area contributed by atoms with Gasteiger partial charge < -0.3 is 38.5 Å². The number of nitrogens with one attached hydrogen (secondary N) is 1. The molecule has 0 saturated carbocycles. The summed E-state index contributed by atoms with van der Waals surface area (Å²) in [6.07, 6.45) is 1.57. The molecule has 0 aromatic carbocycles. The van der Waals surface area contributed by atoms with Crippen molar-refractivity contribution in [2.75, 3.05) is 72.7 Å². The summed E-state index contributed by atoms with van der Waals surface area (Å²) in [4.78, 5) is 12.3. The topological polar surface area (TPSA) is 93.7 Å². The minimum Gasteiger partial charge on any atom is -0.377 e. The summed E-state index contributed by atoms with van der Waals surface area (Å²) >= 11 is 0. The first kappa shape index (κ1) is 36.2. The van der Waals surface area contributed by atoms with Gasteiger partial charge in [0, 0.05) is 5.54 Å². The molecule has 0 aliphatic heterocycles. The van der Waals surface area contributed by atoms with Crippen LogP contribution in [-0.4, -0.2) is 101 Å². The summed E-state index contributed by atoms with van der Waals surface area (Å²) in [6.45, 7) is 25.3. The fourth-order valence-corrected chi connectivity index (χ4v) is 3.06. The maximum atomic E-state index is 12.3. The van der Waals surface area contributed by atoms with Gasteiger partial charge in [0.15, 0.2) is 0 Å². The van der Waals surface area contributed by atoms with Gasteiger partial charge in [-0.15, -0.1) is 0 Å². The summed E-state index contributed by atoms with van der Waals surface area (Å²) in [5.74, 6) is -0.139. The van der Waals surface area contributed by atoms with Crippen LogP contribution in [0.25, 0.3) is 0 Å². The first-order valence-corrected chi connectivity index (χ1v) is 13.6. The highest BCUT2D eigenvalue weighted by Crippen LogP contribution is 2.22. The molecule has 0 radical (unpaired) electrons. The van der Waals surface area contributed by atoms with E-state index in [4.69, 9.17) is 33.2 Å². The average Bonchev–Trinajstić information content (AvgIpc) is 2.74. The minimum atomic E-state index is -0.369. The van der Waals surface area contributed by atoms with E-state index in [1.807, 2.05) is 55.4 Å². The van der Waals surface area contributed by atoms with E-state index in [0.717, 1.165) is 12.8 Å². The van der Waals surface area contributed by atoms with Gasteiger partial charge in [-0.3, -0.25) is 4.79 Å². The Morgan fingerprint density at radius 2 is 0.892 bits per heavy atom. The lowest BCUT2D eigenvalue weighted by atomic mass is 9.91. The van der Waals surface area contributed by atoms with Crippen molar-refractivity contribution in [3.8, 4) is 0 Å². The second-order valence-electron chi connectivity index (χ2n) is 12.4. The van der Waals surface area contributed by atoms with Crippen LogP contribution in [0.15, 0.2) is 0 Å². The summed E-state index contributed by atoms with van der Waals surface area (Å²) in [5, 5.41) is 3.04. The van der Waals surface area contributed by atoms with Crippen LogP contribution in [0, 0.1) is 0 Å². The molecule has 0 aromatic heterocycles. The molecule has 0 fully saturated rings. The van der Waals surface area contributed by atoms with Crippen LogP contribution >= 0.6 is 0 Å². The van der Waals surface area contributed by atoms with Gasteiger partial charge in [0.25, 0.3) is 0 Å². The van der Waals surface area contributed by atoms with Crippen LogP contribution in [0.3, 0.4) is 0 Å². The summed E-state index contributed by atoms with van der Waals surface area (Å²) in [6, 6.07) is 0. The molecular weight excluding hydrogens is 478 g/mol. The van der Waals surface area contributed by atoms with Crippen molar-refractivity contribution in [1.29, 1.82) is 0 Å². The number of ether oxygens (including phenoxy) is 7. The van der Waals surface area contributed by atoms with E-state index in [1.165, 1.54) is 0 Å². The Morgan fingerprint density at radius 3 is 1.32 bits per heavy atom. The highest BCUT2D eigenvalue weighted by molar-refractivity contribution is 5.77. The Hall–Kier alpha value is -0.810. The standard InChI is InChI=1S/C28H57NO8/c1-25(2,3)35-20-17-31-13-14-32-19-22-37-28(9,10)12-11-27(7,8)29-24(30)23-34-16-15-33-18-21-36-26(4,5)6/h11-23H2,1-10H3,(H,29,30). The van der Waals surface area contributed by atoms with Crippen molar-refractivity contribution < 1.29 is 38.0 Å². The highest BCUT2D eigenvalue weighted by atomic mass is 16.6. The number of hydrogen-bond donors (Lipinski definition) is 1. The first-order chi connectivity index (χ1) is 17.0. The van der Waals surface area contributed by atoms with E-state index in [1.54, 1.807) is 0 Å². The Morgan fingerprint density at radius 1 is 0.514 bits per heavy atom. The maximum Gasteiger partial charge on any atom is 0.246 e. The third kappa shape index (κ3) is 26.6. The molecule has 1 amide bonds. The summed E-state index contributed by atoms with van der Waals surface area (Å²) in [5.41, 5.74) is -1.00. The molecule has 222 valence electrons. The third-order valence-electron chi connectivity index (χ3n) is 5.05. The van der Waals surface area contributed by atoms with Gasteiger partial charge >= 0.3 is 0 Å². The van der Waals surface area contributed by atoms with Gasteiger partial charge in [-0.1, -0.05) is 0 Å². The fraction of sp³-hybridized carbons (Fsp3) is 0.964. The summed E-state index contributed by atoms with van der Waals surface area (Å²) < 4.78 is 39.2. The van der Waals surface area contributed by atoms with Gasteiger partial charge in [-0.25, -0.2) is 0 Å². The predicted molar refractivity (Wildman–Crippen MR) is 146 cm³/mol. The van der Waals surface area contributed by atoms with E-state index in [2.05, 4.69) is 19.2 Å². The van der Waals surface area contributed by atoms with E-state index in [0.29, 0.717) is 66.1 Å². The van der Waals surface area contributed by atoms with Crippen LogP contribution in [0.1, 0.15) is 82.1 Å². The van der Waals surface area contributed by atoms with Crippen molar-refractivity contribution >= 4 is 5.91 Å². The number of amides is 1. The molecule has 0 bridgehead atoms. The van der Waals surface area contributed by atoms with Gasteiger partial charge in [0.2, 0.25) is 5.91 Å².